The van der Waals surface area contributed by atoms with Gasteiger partial charge in [0.15, 0.2) is 6.61 Å². The van der Waals surface area contributed by atoms with Crippen molar-refractivity contribution in [1.29, 1.82) is 0 Å². The van der Waals surface area contributed by atoms with E-state index >= 15 is 0 Å². The van der Waals surface area contributed by atoms with E-state index in [2.05, 4.69) is 23.3 Å². The largest absolute Gasteiger partial charge is 0.484 e. The van der Waals surface area contributed by atoms with Crippen LogP contribution in [-0.2, 0) is 17.6 Å². The summed E-state index contributed by atoms with van der Waals surface area (Å²) in [4.78, 5) is 16.5. The highest BCUT2D eigenvalue weighted by atomic mass is 16.5. The zero-order chi connectivity index (χ0) is 21.2. The van der Waals surface area contributed by atoms with E-state index in [1.54, 1.807) is 4.90 Å². The number of hydrogen-bond acceptors (Lipinski definition) is 4. The number of quaternary nitrogens is 1. The molecule has 0 spiro atoms. The molecule has 2 N–H and O–H groups in total. The third-order valence-electron chi connectivity index (χ3n) is 6.43. The number of para-hydroxylation sites is 2. The normalized spacial score (nSPS) is 16.9. The van der Waals surface area contributed by atoms with E-state index < -0.39 is 0 Å². The summed E-state index contributed by atoms with van der Waals surface area (Å²) in [6.45, 7) is 4.17. The van der Waals surface area contributed by atoms with Gasteiger partial charge in [0.25, 0.3) is 5.91 Å². The summed E-state index contributed by atoms with van der Waals surface area (Å²) in [5, 5.41) is 4.16. The Bertz CT molecular complexity index is 1080. The van der Waals surface area contributed by atoms with Crippen molar-refractivity contribution in [2.75, 3.05) is 50.1 Å². The van der Waals surface area contributed by atoms with Crippen molar-refractivity contribution in [2.45, 2.75) is 25.7 Å². The predicted molar refractivity (Wildman–Crippen MR) is 122 cm³/mol. The van der Waals surface area contributed by atoms with Crippen LogP contribution in [0.25, 0.3) is 11.0 Å². The van der Waals surface area contributed by atoms with Crippen molar-refractivity contribution in [2.24, 2.45) is 0 Å². The van der Waals surface area contributed by atoms with Crippen molar-refractivity contribution < 1.29 is 18.8 Å². The van der Waals surface area contributed by atoms with Gasteiger partial charge in [-0.1, -0.05) is 12.1 Å². The standard InChI is InChI=1S/C25H29N3O3/c1-27-12-14-28(15-13-27)22-8-4-3-7-21(22)26-25(29)17-30-18-10-11-24-20(16-18)19-6-2-5-9-23(19)31-24/h3-4,7-8,10-11,16H,2,5-6,9,12-15,17H2,1H3,(H,26,29)/p+1. The van der Waals surface area contributed by atoms with Crippen molar-refractivity contribution in [3.05, 3.63) is 53.8 Å². The summed E-state index contributed by atoms with van der Waals surface area (Å²) >= 11 is 0. The molecular weight excluding hydrogens is 390 g/mol. The molecule has 3 aromatic rings. The molecule has 6 nitrogen and oxygen atoms in total. The van der Waals surface area contributed by atoms with Crippen LogP contribution in [-0.4, -0.2) is 45.7 Å². The van der Waals surface area contributed by atoms with Gasteiger partial charge in [-0.3, -0.25) is 4.79 Å². The second kappa shape index (κ2) is 8.63. The SMILES string of the molecule is C[NH+]1CCN(c2ccccc2NC(=O)COc2ccc3oc4c(c3c2)CCCC4)CC1. The lowest BCUT2D eigenvalue weighted by atomic mass is 9.96. The number of amides is 1. The van der Waals surface area contributed by atoms with Crippen molar-refractivity contribution in [1.82, 2.24) is 0 Å². The Kier molecular flexibility index (Phi) is 5.55. The minimum atomic E-state index is -0.151. The molecule has 1 aliphatic carbocycles. The van der Waals surface area contributed by atoms with Crippen LogP contribution in [0.3, 0.4) is 0 Å². The van der Waals surface area contributed by atoms with E-state index in [0.717, 1.165) is 67.1 Å². The molecule has 0 atom stereocenters. The van der Waals surface area contributed by atoms with E-state index in [4.69, 9.17) is 9.15 Å². The van der Waals surface area contributed by atoms with Crippen molar-refractivity contribution in [3.8, 4) is 5.75 Å². The van der Waals surface area contributed by atoms with E-state index in [0.29, 0.717) is 5.75 Å². The smallest absolute Gasteiger partial charge is 0.262 e. The van der Waals surface area contributed by atoms with Gasteiger partial charge >= 0.3 is 0 Å². The molecule has 1 amide bonds. The molecule has 2 aromatic carbocycles. The maximum Gasteiger partial charge on any atom is 0.262 e. The molecule has 5 rings (SSSR count). The first kappa shape index (κ1) is 19.9. The van der Waals surface area contributed by atoms with Crippen LogP contribution < -0.4 is 19.9 Å². The second-order valence-corrected chi connectivity index (χ2v) is 8.67. The van der Waals surface area contributed by atoms with E-state index in [9.17, 15) is 4.79 Å². The van der Waals surface area contributed by atoms with Gasteiger partial charge in [-0.2, -0.15) is 0 Å². The number of piperazine rings is 1. The third kappa shape index (κ3) is 4.26. The zero-order valence-electron chi connectivity index (χ0n) is 18.1. The number of furan rings is 1. The number of anilines is 2. The molecule has 162 valence electrons. The molecule has 0 saturated carbocycles. The van der Waals surface area contributed by atoms with Gasteiger partial charge in [-0.15, -0.1) is 0 Å². The van der Waals surface area contributed by atoms with Gasteiger partial charge in [0, 0.05) is 17.4 Å². The molecule has 1 aliphatic heterocycles. The topological polar surface area (TPSA) is 59.2 Å². The van der Waals surface area contributed by atoms with Gasteiger partial charge < -0.3 is 24.3 Å². The Morgan fingerprint density at radius 2 is 1.94 bits per heavy atom. The third-order valence-corrected chi connectivity index (χ3v) is 6.43. The van der Waals surface area contributed by atoms with Crippen molar-refractivity contribution in [3.63, 3.8) is 0 Å². The molecule has 1 saturated heterocycles. The summed E-state index contributed by atoms with van der Waals surface area (Å²) in [5.41, 5.74) is 4.13. The van der Waals surface area contributed by atoms with E-state index in [-0.39, 0.29) is 12.5 Å². The zero-order valence-corrected chi connectivity index (χ0v) is 18.1. The van der Waals surface area contributed by atoms with Crippen LogP contribution in [0.1, 0.15) is 24.2 Å². The number of ether oxygens (including phenoxy) is 1. The van der Waals surface area contributed by atoms with Crippen molar-refractivity contribution >= 4 is 28.3 Å². The van der Waals surface area contributed by atoms with Crippen LogP contribution in [0.2, 0.25) is 0 Å². The fraction of sp³-hybridized carbons (Fsp3) is 0.400. The molecule has 31 heavy (non-hydrogen) atoms. The molecule has 1 fully saturated rings. The fourth-order valence-electron chi connectivity index (χ4n) is 4.65. The van der Waals surface area contributed by atoms with Crippen LogP contribution in [0.15, 0.2) is 46.9 Å². The number of likely N-dealkylation sites (N-methyl/N-ethyl adjacent to an activating group) is 1. The molecule has 0 radical (unpaired) electrons. The number of nitrogens with zero attached hydrogens (tertiary/aromatic N) is 1. The Morgan fingerprint density at radius 3 is 2.81 bits per heavy atom. The molecule has 2 aliphatic rings. The minimum Gasteiger partial charge on any atom is -0.484 e. The highest BCUT2D eigenvalue weighted by Gasteiger charge is 2.20. The Morgan fingerprint density at radius 1 is 1.13 bits per heavy atom. The lowest BCUT2D eigenvalue weighted by Crippen LogP contribution is -3.12. The summed E-state index contributed by atoms with van der Waals surface area (Å²) < 4.78 is 11.8. The maximum atomic E-state index is 12.6. The van der Waals surface area contributed by atoms with E-state index in [1.807, 2.05) is 36.4 Å². The fourth-order valence-corrected chi connectivity index (χ4v) is 4.65. The Balaban J connectivity index is 1.25. The summed E-state index contributed by atoms with van der Waals surface area (Å²) in [7, 11) is 2.22. The summed E-state index contributed by atoms with van der Waals surface area (Å²) in [6, 6.07) is 13.9. The highest BCUT2D eigenvalue weighted by Crippen LogP contribution is 2.34. The number of rotatable bonds is 5. The number of aryl methyl sites for hydroxylation is 2. The van der Waals surface area contributed by atoms with Gasteiger partial charge in [-0.05, 0) is 49.6 Å². The molecular formula is C25H30N3O3+. The maximum absolute atomic E-state index is 12.6. The lowest BCUT2D eigenvalue weighted by Gasteiger charge is -2.33. The van der Waals surface area contributed by atoms with Crippen LogP contribution >= 0.6 is 0 Å². The number of carbonyl (C=O) groups excluding carboxylic acids is 1. The number of fused-ring (bicyclic) bond motifs is 3. The van der Waals surface area contributed by atoms with Gasteiger partial charge in [-0.25, -0.2) is 0 Å². The number of hydrogen-bond donors (Lipinski definition) is 2. The molecule has 2 heterocycles. The van der Waals surface area contributed by atoms with Gasteiger partial charge in [0.2, 0.25) is 0 Å². The van der Waals surface area contributed by atoms with Crippen LogP contribution in [0.4, 0.5) is 11.4 Å². The van der Waals surface area contributed by atoms with Crippen LogP contribution in [0, 0.1) is 0 Å². The first-order valence-corrected chi connectivity index (χ1v) is 11.3. The quantitative estimate of drug-likeness (QED) is 0.666. The second-order valence-electron chi connectivity index (χ2n) is 8.67. The van der Waals surface area contributed by atoms with E-state index in [1.165, 1.54) is 18.4 Å². The molecule has 0 unspecified atom stereocenters. The first-order valence-electron chi connectivity index (χ1n) is 11.3. The average Bonchev–Trinajstić information content (AvgIpc) is 3.17. The predicted octanol–water partition coefficient (Wildman–Crippen LogP) is 2.66. The Hall–Kier alpha value is -2.99. The molecule has 0 bridgehead atoms. The van der Waals surface area contributed by atoms with Gasteiger partial charge in [0.1, 0.15) is 17.1 Å². The van der Waals surface area contributed by atoms with Gasteiger partial charge in [0.05, 0.1) is 44.6 Å². The Labute approximate surface area is 182 Å². The summed E-state index contributed by atoms with van der Waals surface area (Å²) in [5.74, 6) is 1.66. The number of benzene rings is 2. The lowest BCUT2D eigenvalue weighted by molar-refractivity contribution is -0.880. The number of nitrogens with one attached hydrogen (secondary N) is 2. The number of carbonyl (C=O) groups is 1. The highest BCUT2D eigenvalue weighted by molar-refractivity contribution is 5.95. The molecule has 6 heteroatoms. The monoisotopic (exact) mass is 420 g/mol. The average molecular weight is 421 g/mol. The van der Waals surface area contributed by atoms with Crippen LogP contribution in [0.5, 0.6) is 5.75 Å². The molecule has 1 aromatic heterocycles. The summed E-state index contributed by atoms with van der Waals surface area (Å²) in [6.07, 6.45) is 4.45. The first-order chi connectivity index (χ1) is 15.2. The minimum absolute atomic E-state index is 0.0211.